The summed E-state index contributed by atoms with van der Waals surface area (Å²) in [7, 11) is 0. The number of hydrogen-bond donors (Lipinski definition) is 2. The van der Waals surface area contributed by atoms with E-state index in [4.69, 9.17) is 4.74 Å². The molecule has 1 aliphatic heterocycles. The molecule has 0 radical (unpaired) electrons. The van der Waals surface area contributed by atoms with Crippen LogP contribution in [0.2, 0.25) is 0 Å². The molecule has 4 heteroatoms. The maximum atomic E-state index is 11.6. The number of fused-ring (bicyclic) bond motifs is 2. The Morgan fingerprint density at radius 3 is 2.95 bits per heavy atom. The Kier molecular flexibility index (Phi) is 1.87. The SMILES string of the molecule is O=C(O)C1=CC2=CC3OC3C3=C2C2C1=CC=C(O)C2C=C3. The van der Waals surface area contributed by atoms with E-state index in [0.29, 0.717) is 5.57 Å². The number of carboxylic acid groups (broad SMARTS) is 1. The van der Waals surface area contributed by atoms with E-state index >= 15 is 0 Å². The molecule has 0 saturated carbocycles. The number of carbonyl (C=O) groups is 1. The maximum absolute atomic E-state index is 11.6. The van der Waals surface area contributed by atoms with Gasteiger partial charge in [0.1, 0.15) is 18.0 Å². The van der Waals surface area contributed by atoms with Crippen molar-refractivity contribution < 1.29 is 19.7 Å². The molecule has 4 unspecified atom stereocenters. The Balaban J connectivity index is 1.82. The van der Waals surface area contributed by atoms with Crippen LogP contribution in [0.15, 0.2) is 70.1 Å². The Morgan fingerprint density at radius 1 is 1.29 bits per heavy atom. The molecule has 1 heterocycles. The molecule has 104 valence electrons. The molecular weight excluding hydrogens is 268 g/mol. The van der Waals surface area contributed by atoms with Crippen molar-refractivity contribution in [1.29, 1.82) is 0 Å². The number of allylic oxidation sites excluding steroid dienone is 6. The lowest BCUT2D eigenvalue weighted by Gasteiger charge is -2.39. The zero-order chi connectivity index (χ0) is 14.3. The second-order valence-corrected chi connectivity index (χ2v) is 5.95. The lowest BCUT2D eigenvalue weighted by molar-refractivity contribution is -0.132. The molecule has 1 saturated heterocycles. The van der Waals surface area contributed by atoms with Gasteiger partial charge >= 0.3 is 5.97 Å². The van der Waals surface area contributed by atoms with Crippen molar-refractivity contribution in [2.75, 3.05) is 0 Å². The normalized spacial score (nSPS) is 37.7. The molecule has 0 bridgehead atoms. The van der Waals surface area contributed by atoms with Crippen LogP contribution in [0.1, 0.15) is 0 Å². The van der Waals surface area contributed by atoms with E-state index in [2.05, 4.69) is 0 Å². The van der Waals surface area contributed by atoms with Gasteiger partial charge in [0.15, 0.2) is 0 Å². The Hall–Kier alpha value is -2.33. The lowest BCUT2D eigenvalue weighted by atomic mass is 9.63. The molecule has 5 rings (SSSR count). The van der Waals surface area contributed by atoms with Crippen LogP contribution in [0.4, 0.5) is 0 Å². The number of aliphatic hydroxyl groups excluding tert-OH is 1. The van der Waals surface area contributed by atoms with Crippen LogP contribution >= 0.6 is 0 Å². The summed E-state index contributed by atoms with van der Waals surface area (Å²) in [4.78, 5) is 11.6. The highest BCUT2D eigenvalue weighted by molar-refractivity contribution is 5.95. The topological polar surface area (TPSA) is 70.1 Å². The quantitative estimate of drug-likeness (QED) is 0.722. The van der Waals surface area contributed by atoms with E-state index in [1.807, 2.05) is 18.2 Å². The van der Waals surface area contributed by atoms with E-state index in [1.54, 1.807) is 18.2 Å². The van der Waals surface area contributed by atoms with Crippen LogP contribution in [0.25, 0.3) is 0 Å². The molecule has 0 aromatic heterocycles. The molecule has 0 aromatic carbocycles. The van der Waals surface area contributed by atoms with Crippen LogP contribution in [-0.2, 0) is 9.53 Å². The second kappa shape index (κ2) is 3.46. The molecule has 5 aliphatic rings. The largest absolute Gasteiger partial charge is 0.512 e. The third-order valence-electron chi connectivity index (χ3n) is 4.90. The number of carboxylic acids is 1. The predicted molar refractivity (Wildman–Crippen MR) is 74.4 cm³/mol. The zero-order valence-electron chi connectivity index (χ0n) is 11.0. The van der Waals surface area contributed by atoms with Gasteiger partial charge in [-0.2, -0.15) is 0 Å². The minimum atomic E-state index is -0.926. The number of epoxide rings is 1. The first-order chi connectivity index (χ1) is 10.1. The predicted octanol–water partition coefficient (Wildman–Crippen LogP) is 2.20. The summed E-state index contributed by atoms with van der Waals surface area (Å²) in [6.07, 6.45) is 11.3. The van der Waals surface area contributed by atoms with Gasteiger partial charge in [-0.1, -0.05) is 18.2 Å². The number of rotatable bonds is 1. The molecule has 2 N–H and O–H groups in total. The minimum Gasteiger partial charge on any atom is -0.512 e. The van der Waals surface area contributed by atoms with Crippen LogP contribution in [0, 0.1) is 11.8 Å². The highest BCUT2D eigenvalue weighted by Gasteiger charge is 2.50. The fourth-order valence-corrected chi connectivity index (χ4v) is 3.94. The van der Waals surface area contributed by atoms with Crippen molar-refractivity contribution in [3.05, 3.63) is 70.1 Å². The van der Waals surface area contributed by atoms with Gasteiger partial charge in [0.05, 0.1) is 5.57 Å². The number of ether oxygens (including phenoxy) is 1. The van der Waals surface area contributed by atoms with E-state index in [0.717, 1.165) is 22.3 Å². The number of aliphatic hydroxyl groups is 1. The van der Waals surface area contributed by atoms with Crippen LogP contribution in [0.5, 0.6) is 0 Å². The van der Waals surface area contributed by atoms with Crippen molar-refractivity contribution in [1.82, 2.24) is 0 Å². The maximum Gasteiger partial charge on any atom is 0.336 e. The van der Waals surface area contributed by atoms with Gasteiger partial charge < -0.3 is 14.9 Å². The first-order valence-electron chi connectivity index (χ1n) is 7.01. The average Bonchev–Trinajstić information content (AvgIpc) is 3.24. The summed E-state index contributed by atoms with van der Waals surface area (Å²) in [5.74, 6) is -0.922. The third kappa shape index (κ3) is 1.30. The monoisotopic (exact) mass is 280 g/mol. The zero-order valence-corrected chi connectivity index (χ0v) is 11.0. The summed E-state index contributed by atoms with van der Waals surface area (Å²) < 4.78 is 5.64. The summed E-state index contributed by atoms with van der Waals surface area (Å²) >= 11 is 0. The van der Waals surface area contributed by atoms with Gasteiger partial charge in [-0.3, -0.25) is 0 Å². The fourth-order valence-electron chi connectivity index (χ4n) is 3.94. The van der Waals surface area contributed by atoms with Gasteiger partial charge in [-0.05, 0) is 40.5 Å². The van der Waals surface area contributed by atoms with Gasteiger partial charge in [0.25, 0.3) is 0 Å². The van der Waals surface area contributed by atoms with Gasteiger partial charge in [-0.15, -0.1) is 0 Å². The van der Waals surface area contributed by atoms with Crippen molar-refractivity contribution >= 4 is 5.97 Å². The Labute approximate surface area is 120 Å². The van der Waals surface area contributed by atoms with Gasteiger partial charge in [-0.25, -0.2) is 4.79 Å². The van der Waals surface area contributed by atoms with Crippen molar-refractivity contribution in [3.63, 3.8) is 0 Å². The molecule has 1 fully saturated rings. The molecular formula is C17H12O4. The van der Waals surface area contributed by atoms with Crippen LogP contribution < -0.4 is 0 Å². The Morgan fingerprint density at radius 2 is 2.14 bits per heavy atom. The van der Waals surface area contributed by atoms with Crippen molar-refractivity contribution in [2.45, 2.75) is 12.2 Å². The average molecular weight is 280 g/mol. The molecule has 0 amide bonds. The van der Waals surface area contributed by atoms with E-state index in [9.17, 15) is 15.0 Å². The third-order valence-corrected chi connectivity index (χ3v) is 4.90. The summed E-state index contributed by atoms with van der Waals surface area (Å²) in [5, 5.41) is 19.6. The van der Waals surface area contributed by atoms with Crippen LogP contribution in [0.3, 0.4) is 0 Å². The van der Waals surface area contributed by atoms with E-state index in [-0.39, 0.29) is 29.8 Å². The number of aliphatic carboxylic acids is 1. The summed E-state index contributed by atoms with van der Waals surface area (Å²) in [5.41, 5.74) is 4.29. The highest BCUT2D eigenvalue weighted by Crippen LogP contribution is 2.54. The molecule has 4 aliphatic carbocycles. The lowest BCUT2D eigenvalue weighted by Crippen LogP contribution is -2.33. The van der Waals surface area contributed by atoms with Crippen molar-refractivity contribution in [3.8, 4) is 0 Å². The smallest absolute Gasteiger partial charge is 0.336 e. The number of hydrogen-bond acceptors (Lipinski definition) is 3. The van der Waals surface area contributed by atoms with Gasteiger partial charge in [0, 0.05) is 11.8 Å². The first-order valence-corrected chi connectivity index (χ1v) is 7.01. The summed E-state index contributed by atoms with van der Waals surface area (Å²) in [6.45, 7) is 0. The molecule has 0 aromatic rings. The molecule has 4 atom stereocenters. The molecule has 4 nitrogen and oxygen atoms in total. The highest BCUT2D eigenvalue weighted by atomic mass is 16.6. The van der Waals surface area contributed by atoms with Gasteiger partial charge in [0.2, 0.25) is 0 Å². The second-order valence-electron chi connectivity index (χ2n) is 5.95. The first kappa shape index (κ1) is 11.3. The van der Waals surface area contributed by atoms with Crippen molar-refractivity contribution in [2.24, 2.45) is 11.8 Å². The van der Waals surface area contributed by atoms with E-state index < -0.39 is 5.97 Å². The Bertz CT molecular complexity index is 788. The van der Waals surface area contributed by atoms with Crippen LogP contribution in [-0.4, -0.2) is 28.4 Å². The van der Waals surface area contributed by atoms with E-state index in [1.165, 1.54) is 0 Å². The standard InChI is InChI=1S/C17H12O4/c18-12-4-3-8-11(17(19)20)5-7-6-13-16(21-13)10-2-1-9(12)15(8)14(7)10/h1-6,9,13,15-16,18H,(H,19,20). The minimum absolute atomic E-state index is 0.0736. The molecule has 21 heavy (non-hydrogen) atoms. The molecule has 0 spiro atoms. The summed E-state index contributed by atoms with van der Waals surface area (Å²) in [6, 6.07) is 0. The fraction of sp³-hybridized carbons (Fsp3) is 0.235.